The average molecular weight is 659 g/mol. The van der Waals surface area contributed by atoms with E-state index < -0.39 is 23.8 Å². The SMILES string of the molecule is CCC[C@H](C(N)=O)[C@@H](CC1CCCC1)C(=O)NC1CN(c2ccccc2)c2ccccc2N(Cc2cccc(Oc3ccccc3)c2)C1=O. The molecule has 0 bridgehead atoms. The first-order chi connectivity index (χ1) is 23.9. The Morgan fingerprint density at radius 3 is 2.18 bits per heavy atom. The van der Waals surface area contributed by atoms with E-state index >= 15 is 0 Å². The minimum atomic E-state index is -0.884. The maximum atomic E-state index is 14.8. The molecule has 49 heavy (non-hydrogen) atoms. The van der Waals surface area contributed by atoms with E-state index in [0.717, 1.165) is 60.5 Å². The van der Waals surface area contributed by atoms with Gasteiger partial charge in [0.15, 0.2) is 0 Å². The standard InChI is InChI=1S/C41H46N4O4/c1-2-14-34(39(42)46)35(26-29-15-9-10-16-29)40(47)43-36-28-44(31-18-5-3-6-19-31)37-23-11-12-24-38(37)45(41(36)48)27-30-17-13-22-33(25-30)49-32-20-7-4-8-21-32/h3-8,11-13,17-25,29,34-36H,2,9-10,14-16,26-28H2,1H3,(H2,42,46)(H,43,47)/t34-,35+,36?/m0/s1. The molecule has 0 radical (unpaired) electrons. The van der Waals surface area contributed by atoms with Crippen molar-refractivity contribution in [3.05, 3.63) is 115 Å². The van der Waals surface area contributed by atoms with Crippen LogP contribution in [-0.4, -0.2) is 30.3 Å². The number of amides is 3. The molecule has 0 saturated heterocycles. The second-order valence-corrected chi connectivity index (χ2v) is 13.3. The smallest absolute Gasteiger partial charge is 0.251 e. The summed E-state index contributed by atoms with van der Waals surface area (Å²) in [6, 6.07) is 34.2. The summed E-state index contributed by atoms with van der Waals surface area (Å²) in [6.45, 7) is 2.49. The number of anilines is 3. The lowest BCUT2D eigenvalue weighted by Crippen LogP contribution is -2.54. The summed E-state index contributed by atoms with van der Waals surface area (Å²) in [5, 5.41) is 3.17. The normalized spacial score (nSPS) is 17.6. The van der Waals surface area contributed by atoms with Gasteiger partial charge in [-0.3, -0.25) is 14.4 Å². The Bertz CT molecular complexity index is 1720. The van der Waals surface area contributed by atoms with Gasteiger partial charge in [-0.1, -0.05) is 99.7 Å². The molecule has 1 fully saturated rings. The van der Waals surface area contributed by atoms with Crippen molar-refractivity contribution >= 4 is 34.8 Å². The molecule has 8 nitrogen and oxygen atoms in total. The number of hydrogen-bond donors (Lipinski definition) is 2. The molecule has 1 saturated carbocycles. The highest BCUT2D eigenvalue weighted by Crippen LogP contribution is 2.39. The Balaban J connectivity index is 1.35. The third-order valence-electron chi connectivity index (χ3n) is 9.84. The molecule has 4 aromatic rings. The van der Waals surface area contributed by atoms with Crippen LogP contribution in [0.25, 0.3) is 0 Å². The van der Waals surface area contributed by atoms with E-state index in [1.165, 1.54) is 0 Å². The van der Waals surface area contributed by atoms with E-state index in [2.05, 4.69) is 10.2 Å². The van der Waals surface area contributed by atoms with Crippen LogP contribution in [0.4, 0.5) is 17.1 Å². The van der Waals surface area contributed by atoms with Crippen molar-refractivity contribution in [2.75, 3.05) is 16.3 Å². The van der Waals surface area contributed by atoms with E-state index in [0.29, 0.717) is 24.5 Å². The zero-order valence-electron chi connectivity index (χ0n) is 28.2. The van der Waals surface area contributed by atoms with Gasteiger partial charge in [0.25, 0.3) is 5.91 Å². The Hall–Kier alpha value is -5.11. The Labute approximate surface area is 289 Å². The molecule has 254 valence electrons. The van der Waals surface area contributed by atoms with Gasteiger partial charge in [0.05, 0.1) is 24.5 Å². The number of carbonyl (C=O) groups excluding carboxylic acids is 3. The van der Waals surface area contributed by atoms with E-state index in [4.69, 9.17) is 10.5 Å². The van der Waals surface area contributed by atoms with Gasteiger partial charge in [-0.2, -0.15) is 0 Å². The number of fused-ring (bicyclic) bond motifs is 1. The Morgan fingerprint density at radius 1 is 0.837 bits per heavy atom. The topological polar surface area (TPSA) is 105 Å². The molecular formula is C41H46N4O4. The van der Waals surface area contributed by atoms with Gasteiger partial charge in [0, 0.05) is 17.5 Å². The molecule has 3 amide bonds. The number of carbonyl (C=O) groups is 3. The van der Waals surface area contributed by atoms with E-state index in [-0.39, 0.29) is 24.9 Å². The maximum absolute atomic E-state index is 14.8. The number of primary amides is 1. The highest BCUT2D eigenvalue weighted by atomic mass is 16.5. The van der Waals surface area contributed by atoms with Crippen LogP contribution in [0.1, 0.15) is 57.4 Å². The van der Waals surface area contributed by atoms with Crippen molar-refractivity contribution in [1.82, 2.24) is 5.32 Å². The Kier molecular flexibility index (Phi) is 10.9. The van der Waals surface area contributed by atoms with Gasteiger partial charge in [-0.25, -0.2) is 0 Å². The number of nitrogens with one attached hydrogen (secondary N) is 1. The van der Waals surface area contributed by atoms with Crippen LogP contribution >= 0.6 is 0 Å². The number of benzene rings is 4. The predicted molar refractivity (Wildman–Crippen MR) is 194 cm³/mol. The van der Waals surface area contributed by atoms with E-state index in [1.807, 2.05) is 116 Å². The second-order valence-electron chi connectivity index (χ2n) is 13.3. The van der Waals surface area contributed by atoms with Gasteiger partial charge in [0.2, 0.25) is 11.8 Å². The van der Waals surface area contributed by atoms with Crippen molar-refractivity contribution < 1.29 is 19.1 Å². The zero-order chi connectivity index (χ0) is 34.2. The molecule has 3 N–H and O–H groups in total. The van der Waals surface area contributed by atoms with Gasteiger partial charge in [-0.15, -0.1) is 0 Å². The summed E-state index contributed by atoms with van der Waals surface area (Å²) in [5.74, 6) is -0.378. The molecule has 1 aliphatic carbocycles. The fourth-order valence-electron chi connectivity index (χ4n) is 7.41. The molecular weight excluding hydrogens is 612 g/mol. The first-order valence-corrected chi connectivity index (χ1v) is 17.6. The highest BCUT2D eigenvalue weighted by molar-refractivity contribution is 6.04. The number of rotatable bonds is 13. The summed E-state index contributed by atoms with van der Waals surface area (Å²) >= 11 is 0. The molecule has 0 aromatic heterocycles. The van der Waals surface area contributed by atoms with Crippen molar-refractivity contribution in [2.24, 2.45) is 23.5 Å². The number of hydrogen-bond acceptors (Lipinski definition) is 5. The molecule has 1 unspecified atom stereocenters. The number of nitrogens with two attached hydrogens (primary N) is 1. The minimum Gasteiger partial charge on any atom is -0.457 e. The summed E-state index contributed by atoms with van der Waals surface area (Å²) in [7, 11) is 0. The maximum Gasteiger partial charge on any atom is 0.251 e. The second kappa shape index (κ2) is 15.9. The van der Waals surface area contributed by atoms with Crippen LogP contribution in [-0.2, 0) is 20.9 Å². The number of para-hydroxylation sites is 4. The first-order valence-electron chi connectivity index (χ1n) is 17.6. The van der Waals surface area contributed by atoms with Crippen molar-refractivity contribution in [2.45, 2.75) is 64.5 Å². The minimum absolute atomic E-state index is 0.223. The summed E-state index contributed by atoms with van der Waals surface area (Å²) in [4.78, 5) is 45.7. The van der Waals surface area contributed by atoms with E-state index in [9.17, 15) is 14.4 Å². The molecule has 4 aromatic carbocycles. The lowest BCUT2D eigenvalue weighted by atomic mass is 9.80. The number of ether oxygens (including phenoxy) is 1. The summed E-state index contributed by atoms with van der Waals surface area (Å²) in [6.07, 6.45) is 6.22. The average Bonchev–Trinajstić information content (AvgIpc) is 3.61. The summed E-state index contributed by atoms with van der Waals surface area (Å²) in [5.41, 5.74) is 9.32. The van der Waals surface area contributed by atoms with Crippen LogP contribution in [0, 0.1) is 17.8 Å². The molecule has 8 heteroatoms. The number of nitrogens with zero attached hydrogens (tertiary/aromatic N) is 2. The van der Waals surface area contributed by atoms with Crippen molar-refractivity contribution in [3.8, 4) is 11.5 Å². The molecule has 1 aliphatic heterocycles. The summed E-state index contributed by atoms with van der Waals surface area (Å²) < 4.78 is 6.11. The van der Waals surface area contributed by atoms with Crippen LogP contribution < -0.4 is 25.6 Å². The van der Waals surface area contributed by atoms with Gasteiger partial charge in [0.1, 0.15) is 17.5 Å². The van der Waals surface area contributed by atoms with Crippen LogP contribution in [0.15, 0.2) is 109 Å². The lowest BCUT2D eigenvalue weighted by Gasteiger charge is -2.30. The molecule has 0 spiro atoms. The highest BCUT2D eigenvalue weighted by Gasteiger charge is 2.39. The fourth-order valence-corrected chi connectivity index (χ4v) is 7.41. The lowest BCUT2D eigenvalue weighted by molar-refractivity contribution is -0.136. The zero-order valence-corrected chi connectivity index (χ0v) is 28.2. The van der Waals surface area contributed by atoms with E-state index in [1.54, 1.807) is 4.90 Å². The molecule has 2 aliphatic rings. The molecule has 6 rings (SSSR count). The van der Waals surface area contributed by atoms with Crippen molar-refractivity contribution in [3.63, 3.8) is 0 Å². The van der Waals surface area contributed by atoms with Crippen molar-refractivity contribution in [1.29, 1.82) is 0 Å². The monoisotopic (exact) mass is 658 g/mol. The Morgan fingerprint density at radius 2 is 1.49 bits per heavy atom. The molecule has 3 atom stereocenters. The van der Waals surface area contributed by atoms with Crippen LogP contribution in [0.2, 0.25) is 0 Å². The van der Waals surface area contributed by atoms with Crippen LogP contribution in [0.5, 0.6) is 11.5 Å². The fraction of sp³-hybridized carbons (Fsp3) is 0.341. The quantitative estimate of drug-likeness (QED) is 0.153. The largest absolute Gasteiger partial charge is 0.457 e. The first kappa shape index (κ1) is 33.8. The molecule has 1 heterocycles. The van der Waals surface area contributed by atoms with Gasteiger partial charge in [-0.05, 0) is 72.9 Å². The van der Waals surface area contributed by atoms with Crippen LogP contribution in [0.3, 0.4) is 0 Å². The third kappa shape index (κ3) is 8.13. The predicted octanol–water partition coefficient (Wildman–Crippen LogP) is 7.75. The third-order valence-corrected chi connectivity index (χ3v) is 9.84. The van der Waals surface area contributed by atoms with Gasteiger partial charge >= 0.3 is 0 Å². The van der Waals surface area contributed by atoms with Gasteiger partial charge < -0.3 is 25.6 Å².